The largest absolute Gasteiger partial charge is 0.497 e. The molecule has 1 amide bonds. The van der Waals surface area contributed by atoms with Crippen LogP contribution < -0.4 is 15.8 Å². The van der Waals surface area contributed by atoms with Crippen LogP contribution in [0.1, 0.15) is 22.3 Å². The maximum Gasteiger partial charge on any atom is 0.251 e. The Morgan fingerprint density at radius 2 is 2.07 bits per heavy atom. The number of nitrogens with one attached hydrogen (secondary N) is 1. The molecule has 142 valence electrons. The summed E-state index contributed by atoms with van der Waals surface area (Å²) in [5.74, 6) is 1.04. The fraction of sp³-hybridized carbons (Fsp3) is 0.300. The van der Waals surface area contributed by atoms with Gasteiger partial charge in [0, 0.05) is 32.4 Å². The first kappa shape index (κ1) is 18.7. The van der Waals surface area contributed by atoms with Crippen LogP contribution in [-0.4, -0.2) is 36.3 Å². The number of carbonyl (C=O) groups excluding carboxylic acids is 1. The molecular formula is C20H24N4O3. The number of hydrogen-bond acceptors (Lipinski definition) is 5. The Bertz CT molecular complexity index is 936. The lowest BCUT2D eigenvalue weighted by molar-refractivity contribution is 0.0951. The number of methoxy groups -OCH3 is 2. The molecule has 3 aromatic rings. The number of anilines is 1. The lowest BCUT2D eigenvalue weighted by Gasteiger charge is -2.08. The maximum absolute atomic E-state index is 12.5. The lowest BCUT2D eigenvalue weighted by atomic mass is 10.1. The normalized spacial score (nSPS) is 10.9. The molecule has 0 unspecified atom stereocenters. The van der Waals surface area contributed by atoms with Crippen LogP contribution in [0.25, 0.3) is 11.0 Å². The number of aromatic nitrogens is 2. The van der Waals surface area contributed by atoms with E-state index in [4.69, 9.17) is 15.2 Å². The molecule has 3 N–H and O–H groups in total. The third-order valence-corrected chi connectivity index (χ3v) is 4.36. The third-order valence-electron chi connectivity index (χ3n) is 4.36. The molecular weight excluding hydrogens is 344 g/mol. The van der Waals surface area contributed by atoms with E-state index < -0.39 is 0 Å². The zero-order valence-electron chi connectivity index (χ0n) is 15.6. The second-order valence-corrected chi connectivity index (χ2v) is 6.21. The van der Waals surface area contributed by atoms with E-state index in [1.165, 1.54) is 0 Å². The van der Waals surface area contributed by atoms with E-state index in [1.807, 2.05) is 34.9 Å². The van der Waals surface area contributed by atoms with E-state index in [0.717, 1.165) is 29.8 Å². The van der Waals surface area contributed by atoms with Crippen molar-refractivity contribution in [2.24, 2.45) is 0 Å². The van der Waals surface area contributed by atoms with Gasteiger partial charge < -0.3 is 25.1 Å². The number of hydrogen-bond donors (Lipinski definition) is 2. The number of ether oxygens (including phenoxy) is 2. The van der Waals surface area contributed by atoms with Crippen LogP contribution >= 0.6 is 0 Å². The summed E-state index contributed by atoms with van der Waals surface area (Å²) < 4.78 is 12.2. The lowest BCUT2D eigenvalue weighted by Crippen LogP contribution is -2.22. The van der Waals surface area contributed by atoms with Gasteiger partial charge in [0.1, 0.15) is 5.75 Å². The van der Waals surface area contributed by atoms with E-state index >= 15 is 0 Å². The Balaban J connectivity index is 1.71. The van der Waals surface area contributed by atoms with E-state index in [0.29, 0.717) is 30.2 Å². The van der Waals surface area contributed by atoms with E-state index in [-0.39, 0.29) is 5.91 Å². The van der Waals surface area contributed by atoms with Gasteiger partial charge in [-0.3, -0.25) is 4.79 Å². The minimum atomic E-state index is -0.160. The van der Waals surface area contributed by atoms with Gasteiger partial charge in [-0.1, -0.05) is 12.1 Å². The van der Waals surface area contributed by atoms with E-state index in [2.05, 4.69) is 10.3 Å². The molecule has 0 radical (unpaired) electrons. The molecule has 0 saturated heterocycles. The Morgan fingerprint density at radius 3 is 2.85 bits per heavy atom. The Hall–Kier alpha value is -3.06. The third kappa shape index (κ3) is 4.38. The first-order chi connectivity index (χ1) is 13.1. The minimum Gasteiger partial charge on any atom is -0.497 e. The zero-order chi connectivity index (χ0) is 19.2. The van der Waals surface area contributed by atoms with Crippen molar-refractivity contribution in [2.45, 2.75) is 19.5 Å². The monoisotopic (exact) mass is 368 g/mol. The van der Waals surface area contributed by atoms with Gasteiger partial charge in [-0.15, -0.1) is 0 Å². The summed E-state index contributed by atoms with van der Waals surface area (Å²) in [6.45, 7) is 1.79. The Morgan fingerprint density at radius 1 is 1.22 bits per heavy atom. The predicted octanol–water partition coefficient (Wildman–Crippen LogP) is 2.59. The highest BCUT2D eigenvalue weighted by atomic mass is 16.5. The fourth-order valence-corrected chi connectivity index (χ4v) is 2.96. The van der Waals surface area contributed by atoms with Crippen molar-refractivity contribution in [3.63, 3.8) is 0 Å². The summed E-state index contributed by atoms with van der Waals surface area (Å²) in [5, 5.41) is 2.92. The van der Waals surface area contributed by atoms with Gasteiger partial charge in [0.25, 0.3) is 5.91 Å². The Labute approximate surface area is 158 Å². The smallest absolute Gasteiger partial charge is 0.251 e. The first-order valence-electron chi connectivity index (χ1n) is 8.78. The second-order valence-electron chi connectivity index (χ2n) is 6.21. The zero-order valence-corrected chi connectivity index (χ0v) is 15.6. The SMILES string of the molecule is COCCCn1c(N)nc2cc(C(=O)NCc3cccc(OC)c3)ccc21. The number of benzene rings is 2. The number of fused-ring (bicyclic) bond motifs is 1. The molecule has 3 rings (SSSR count). The number of nitrogen functional groups attached to an aromatic ring is 1. The fourth-order valence-electron chi connectivity index (χ4n) is 2.96. The molecule has 27 heavy (non-hydrogen) atoms. The van der Waals surface area contributed by atoms with E-state index in [1.54, 1.807) is 26.4 Å². The first-order valence-corrected chi connectivity index (χ1v) is 8.78. The Kier molecular flexibility index (Phi) is 5.93. The van der Waals surface area contributed by atoms with Crippen LogP contribution in [0.15, 0.2) is 42.5 Å². The van der Waals surface area contributed by atoms with Crippen LogP contribution in [0.4, 0.5) is 5.95 Å². The van der Waals surface area contributed by atoms with Gasteiger partial charge in [-0.2, -0.15) is 0 Å². The average Bonchev–Trinajstić information content (AvgIpc) is 3.01. The molecule has 7 nitrogen and oxygen atoms in total. The second kappa shape index (κ2) is 8.55. The molecule has 2 aromatic carbocycles. The summed E-state index contributed by atoms with van der Waals surface area (Å²) in [4.78, 5) is 16.9. The van der Waals surface area contributed by atoms with Gasteiger partial charge in [0.2, 0.25) is 5.95 Å². The standard InChI is InChI=1S/C20H24N4O3/c1-26-10-4-9-24-18-8-7-15(12-17(18)23-20(24)21)19(25)22-13-14-5-3-6-16(11-14)27-2/h3,5-8,11-12H,4,9-10,13H2,1-2H3,(H2,21,23)(H,22,25). The molecule has 0 fully saturated rings. The van der Waals surface area contributed by atoms with E-state index in [9.17, 15) is 4.79 Å². The molecule has 1 heterocycles. The van der Waals surface area contributed by atoms with Crippen molar-refractivity contribution in [1.29, 1.82) is 0 Å². The molecule has 0 saturated carbocycles. The molecule has 0 spiro atoms. The van der Waals surface area contributed by atoms with Crippen molar-refractivity contribution in [2.75, 3.05) is 26.6 Å². The van der Waals surface area contributed by atoms with Crippen LogP contribution in [0, 0.1) is 0 Å². The average molecular weight is 368 g/mol. The van der Waals surface area contributed by atoms with Crippen molar-refractivity contribution in [1.82, 2.24) is 14.9 Å². The summed E-state index contributed by atoms with van der Waals surface area (Å²) >= 11 is 0. The highest BCUT2D eigenvalue weighted by molar-refractivity contribution is 5.97. The summed E-state index contributed by atoms with van der Waals surface area (Å²) in [6, 6.07) is 13.0. The number of nitrogens with two attached hydrogens (primary N) is 1. The van der Waals surface area contributed by atoms with Crippen molar-refractivity contribution >= 4 is 22.9 Å². The number of rotatable bonds is 8. The van der Waals surface area contributed by atoms with Gasteiger partial charge in [-0.05, 0) is 42.3 Å². The van der Waals surface area contributed by atoms with Crippen LogP contribution in [0.5, 0.6) is 5.75 Å². The molecule has 0 aliphatic heterocycles. The van der Waals surface area contributed by atoms with Crippen molar-refractivity contribution in [3.05, 3.63) is 53.6 Å². The molecule has 0 atom stereocenters. The number of imidazole rings is 1. The predicted molar refractivity (Wildman–Crippen MR) is 105 cm³/mol. The quantitative estimate of drug-likeness (QED) is 0.596. The highest BCUT2D eigenvalue weighted by Crippen LogP contribution is 2.20. The van der Waals surface area contributed by atoms with Gasteiger partial charge in [0.15, 0.2) is 0 Å². The van der Waals surface area contributed by atoms with Crippen LogP contribution in [0.3, 0.4) is 0 Å². The number of nitrogens with zero attached hydrogens (tertiary/aromatic N) is 2. The molecule has 1 aromatic heterocycles. The van der Waals surface area contributed by atoms with Crippen LogP contribution in [-0.2, 0) is 17.8 Å². The molecule has 0 bridgehead atoms. The molecule has 0 aliphatic rings. The summed E-state index contributed by atoms with van der Waals surface area (Å²) in [6.07, 6.45) is 0.842. The molecule has 7 heteroatoms. The number of amides is 1. The topological polar surface area (TPSA) is 91.4 Å². The van der Waals surface area contributed by atoms with Crippen molar-refractivity contribution < 1.29 is 14.3 Å². The number of aryl methyl sites for hydroxylation is 1. The minimum absolute atomic E-state index is 0.160. The van der Waals surface area contributed by atoms with Gasteiger partial charge in [-0.25, -0.2) is 4.98 Å². The molecule has 0 aliphatic carbocycles. The van der Waals surface area contributed by atoms with Crippen molar-refractivity contribution in [3.8, 4) is 5.75 Å². The number of carbonyl (C=O) groups is 1. The van der Waals surface area contributed by atoms with Gasteiger partial charge in [0.05, 0.1) is 18.1 Å². The van der Waals surface area contributed by atoms with Gasteiger partial charge >= 0.3 is 0 Å². The maximum atomic E-state index is 12.5. The highest BCUT2D eigenvalue weighted by Gasteiger charge is 2.12. The van der Waals surface area contributed by atoms with Crippen LogP contribution in [0.2, 0.25) is 0 Å². The summed E-state index contributed by atoms with van der Waals surface area (Å²) in [7, 11) is 3.29. The summed E-state index contributed by atoms with van der Waals surface area (Å²) in [5.41, 5.74) is 9.16.